The minimum atomic E-state index is -0.758. The Morgan fingerprint density at radius 2 is 1.86 bits per heavy atom. The van der Waals surface area contributed by atoms with Gasteiger partial charge in [-0.3, -0.25) is 9.69 Å². The van der Waals surface area contributed by atoms with E-state index in [0.29, 0.717) is 48.2 Å². The van der Waals surface area contributed by atoms with Crippen LogP contribution in [0.1, 0.15) is 34.8 Å². The highest BCUT2D eigenvalue weighted by Crippen LogP contribution is 2.35. The fourth-order valence-corrected chi connectivity index (χ4v) is 5.51. The Balaban J connectivity index is 0.00000181. The Labute approximate surface area is 256 Å². The molecular weight excluding hydrogens is 582 g/mol. The standard InChI is InChI=1S/C30H39F2N7O3.F2.2H2/c1-19-14-39(15-20(2)37(19)4)28-11-25(32)24(26-5-6-33-30(36-26)38-7-8-42-21(3)16-38)10-27(28)35-18-41-17-23-13-34-29(40)9-22(23)12-31;1-2;;/h5-6,9-11,13,19-21,35H,7-8,12,14-18H2,1-4H3,(H,34,40);;2*1H/t19-,20+,21-;;;/m1.../s1. The molecule has 5 rings (SSSR count). The number of H-pyrrole nitrogens is 1. The van der Waals surface area contributed by atoms with E-state index in [1.54, 1.807) is 24.4 Å². The van der Waals surface area contributed by atoms with Crippen LogP contribution in [0.4, 0.5) is 35.3 Å². The van der Waals surface area contributed by atoms with Gasteiger partial charge in [-0.15, -0.1) is 0 Å². The quantitative estimate of drug-likeness (QED) is 0.191. The molecule has 2 aliphatic heterocycles. The summed E-state index contributed by atoms with van der Waals surface area (Å²) in [4.78, 5) is 29.8. The number of hydrogen-bond acceptors (Lipinski definition) is 9. The Morgan fingerprint density at radius 1 is 1.11 bits per heavy atom. The Hall–Kier alpha value is -3.75. The van der Waals surface area contributed by atoms with Gasteiger partial charge in [-0.2, -0.15) is 0 Å². The van der Waals surface area contributed by atoms with Crippen molar-refractivity contribution < 1.29 is 30.3 Å². The lowest BCUT2D eigenvalue weighted by Crippen LogP contribution is -2.55. The van der Waals surface area contributed by atoms with Gasteiger partial charge in [0, 0.05) is 74.3 Å². The second kappa shape index (κ2) is 15.3. The van der Waals surface area contributed by atoms with Gasteiger partial charge in [0.2, 0.25) is 11.5 Å². The summed E-state index contributed by atoms with van der Waals surface area (Å²) >= 11 is 0. The molecule has 2 saturated heterocycles. The first-order valence-electron chi connectivity index (χ1n) is 14.5. The number of benzene rings is 1. The third-order valence-electron chi connectivity index (χ3n) is 8.10. The number of nitrogens with one attached hydrogen (secondary N) is 2. The summed E-state index contributed by atoms with van der Waals surface area (Å²) in [5.41, 5.74) is 2.75. The predicted molar refractivity (Wildman–Crippen MR) is 166 cm³/mol. The number of likely N-dealkylation sites (N-methyl/N-ethyl adjacent to an activating group) is 1. The molecular formula is C30H43F4N7O3. The number of aromatic nitrogens is 3. The van der Waals surface area contributed by atoms with Crippen LogP contribution >= 0.6 is 0 Å². The van der Waals surface area contributed by atoms with Gasteiger partial charge in [0.25, 0.3) is 0 Å². The van der Waals surface area contributed by atoms with E-state index >= 15 is 4.39 Å². The second-order valence-corrected chi connectivity index (χ2v) is 11.1. The van der Waals surface area contributed by atoms with Crippen molar-refractivity contribution in [3.05, 3.63) is 64.0 Å². The van der Waals surface area contributed by atoms with Gasteiger partial charge in [-0.1, -0.05) is 0 Å². The number of alkyl halides is 1. The molecule has 2 aliphatic rings. The number of aromatic amines is 1. The molecule has 0 spiro atoms. The van der Waals surface area contributed by atoms with Crippen molar-refractivity contribution in [3.63, 3.8) is 0 Å². The van der Waals surface area contributed by atoms with Gasteiger partial charge in [-0.05, 0) is 57.1 Å². The van der Waals surface area contributed by atoms with Crippen LogP contribution in [0.3, 0.4) is 0 Å². The normalized spacial score (nSPS) is 20.7. The summed E-state index contributed by atoms with van der Waals surface area (Å²) in [5.74, 6) is 0.159. The number of rotatable bonds is 9. The fourth-order valence-electron chi connectivity index (χ4n) is 5.51. The molecule has 3 atom stereocenters. The molecule has 0 unspecified atom stereocenters. The molecule has 0 bridgehead atoms. The summed E-state index contributed by atoms with van der Waals surface area (Å²) in [7, 11) is 2.10. The summed E-state index contributed by atoms with van der Waals surface area (Å²) in [6.45, 7) is 9.13. The lowest BCUT2D eigenvalue weighted by Gasteiger charge is -2.44. The Morgan fingerprint density at radius 3 is 2.57 bits per heavy atom. The van der Waals surface area contributed by atoms with Crippen LogP contribution < -0.4 is 20.7 Å². The zero-order valence-corrected chi connectivity index (χ0v) is 25.3. The smallest absolute Gasteiger partial charge is 0.248 e. The van der Waals surface area contributed by atoms with Crippen molar-refractivity contribution in [2.45, 2.75) is 52.2 Å². The molecule has 2 N–H and O–H groups in total. The lowest BCUT2D eigenvalue weighted by atomic mass is 10.0. The molecule has 0 saturated carbocycles. The number of halogens is 4. The number of pyridine rings is 1. The van der Waals surface area contributed by atoms with Crippen molar-refractivity contribution in [2.24, 2.45) is 0 Å². The van der Waals surface area contributed by atoms with Crippen molar-refractivity contribution in [1.29, 1.82) is 0 Å². The van der Waals surface area contributed by atoms with E-state index in [0.717, 1.165) is 18.8 Å². The molecule has 14 heteroatoms. The molecule has 3 aromatic rings. The van der Waals surface area contributed by atoms with E-state index in [2.05, 4.69) is 46.0 Å². The lowest BCUT2D eigenvalue weighted by molar-refractivity contribution is 0.0526. The zero-order chi connectivity index (χ0) is 31.8. The highest BCUT2D eigenvalue weighted by Gasteiger charge is 2.29. The van der Waals surface area contributed by atoms with Gasteiger partial charge < -0.3 is 29.6 Å². The van der Waals surface area contributed by atoms with Gasteiger partial charge in [0.05, 0.1) is 36.4 Å². The molecule has 2 aromatic heterocycles. The highest BCUT2D eigenvalue weighted by molar-refractivity contribution is 5.78. The monoisotopic (exact) mass is 625 g/mol. The van der Waals surface area contributed by atoms with Crippen molar-refractivity contribution in [3.8, 4) is 11.3 Å². The molecule has 2 fully saturated rings. The van der Waals surface area contributed by atoms with Crippen molar-refractivity contribution in [2.75, 3.05) is 61.7 Å². The van der Waals surface area contributed by atoms with Gasteiger partial charge in [0.1, 0.15) is 19.2 Å². The summed E-state index contributed by atoms with van der Waals surface area (Å²) in [6, 6.07) is 6.83. The van der Waals surface area contributed by atoms with Crippen LogP contribution in [-0.4, -0.2) is 84.6 Å². The minimum absolute atomic E-state index is 0. The first-order chi connectivity index (χ1) is 21.2. The molecule has 10 nitrogen and oxygen atoms in total. The summed E-state index contributed by atoms with van der Waals surface area (Å²) in [6.07, 6.45) is 3.18. The molecule has 4 heterocycles. The van der Waals surface area contributed by atoms with Crippen LogP contribution in [-0.2, 0) is 22.8 Å². The third kappa shape index (κ3) is 7.85. The number of hydrogen-bond donors (Lipinski definition) is 2. The number of piperazine rings is 1. The maximum atomic E-state index is 15.8. The van der Waals surface area contributed by atoms with Crippen LogP contribution in [0.25, 0.3) is 11.3 Å². The fraction of sp³-hybridized carbons (Fsp3) is 0.500. The van der Waals surface area contributed by atoms with Crippen LogP contribution in [0, 0.1) is 5.82 Å². The summed E-state index contributed by atoms with van der Waals surface area (Å²) < 4.78 is 56.7. The van der Waals surface area contributed by atoms with E-state index in [1.807, 2.05) is 11.8 Å². The first kappa shape index (κ1) is 33.1. The Kier molecular flexibility index (Phi) is 11.5. The van der Waals surface area contributed by atoms with Crippen LogP contribution in [0.15, 0.2) is 41.5 Å². The van der Waals surface area contributed by atoms with Gasteiger partial charge in [-0.25, -0.2) is 18.7 Å². The maximum Gasteiger partial charge on any atom is 0.248 e. The molecule has 0 radical (unpaired) electrons. The molecule has 44 heavy (non-hydrogen) atoms. The third-order valence-corrected chi connectivity index (χ3v) is 8.10. The van der Waals surface area contributed by atoms with Crippen molar-refractivity contribution in [1.82, 2.24) is 19.9 Å². The predicted octanol–water partition coefficient (Wildman–Crippen LogP) is 5.11. The number of anilines is 3. The van der Waals surface area contributed by atoms with E-state index in [1.165, 1.54) is 12.3 Å². The van der Waals surface area contributed by atoms with Crippen molar-refractivity contribution >= 4 is 17.3 Å². The van der Waals surface area contributed by atoms with E-state index < -0.39 is 6.67 Å². The van der Waals surface area contributed by atoms with Gasteiger partial charge in [0.15, 0.2) is 0 Å². The largest absolute Gasteiger partial charge is 0.375 e. The average molecular weight is 626 g/mol. The number of ether oxygens (including phenoxy) is 2. The summed E-state index contributed by atoms with van der Waals surface area (Å²) in [5, 5.41) is 3.31. The molecule has 1 aromatic carbocycles. The van der Waals surface area contributed by atoms with E-state index in [9.17, 15) is 9.18 Å². The molecule has 0 amide bonds. The zero-order valence-electron chi connectivity index (χ0n) is 25.3. The Bertz CT molecular complexity index is 1450. The number of nitrogens with zero attached hydrogens (tertiary/aromatic N) is 5. The molecule has 244 valence electrons. The van der Waals surface area contributed by atoms with Crippen LogP contribution in [0.5, 0.6) is 0 Å². The van der Waals surface area contributed by atoms with Gasteiger partial charge >= 0.3 is 0 Å². The highest BCUT2D eigenvalue weighted by atomic mass is 20.0. The maximum absolute atomic E-state index is 15.8. The number of morpholine rings is 1. The molecule has 0 aliphatic carbocycles. The average Bonchev–Trinajstić information content (AvgIpc) is 3.03. The minimum Gasteiger partial charge on any atom is -0.375 e. The van der Waals surface area contributed by atoms with E-state index in [4.69, 9.17) is 23.6 Å². The first-order valence-corrected chi connectivity index (χ1v) is 14.5. The SMILES string of the molecule is C[C@@H]1CN(c2nccc(-c3cc(NCOCc4c[nH]c(=O)cc4CF)c(N4C[C@@H](C)N(C)[C@@H](C)C4)cc3F)n2)CCO1.FF.[HH].[HH]. The van der Waals surface area contributed by atoms with E-state index in [-0.39, 0.29) is 51.3 Å². The second-order valence-electron chi connectivity index (χ2n) is 11.1. The topological polar surface area (TPSA) is 98.8 Å². The van der Waals surface area contributed by atoms with Crippen LogP contribution in [0.2, 0.25) is 0 Å².